The Morgan fingerprint density at radius 1 is 1.33 bits per heavy atom. The number of carbonyl (C=O) groups excluding carboxylic acids is 2. The molecule has 0 aliphatic carbocycles. The molecule has 6 heteroatoms. The van der Waals surface area contributed by atoms with Gasteiger partial charge in [-0.2, -0.15) is 0 Å². The van der Waals surface area contributed by atoms with Gasteiger partial charge in [0.1, 0.15) is 6.61 Å². The summed E-state index contributed by atoms with van der Waals surface area (Å²) < 4.78 is 5.60. The van der Waals surface area contributed by atoms with E-state index in [1.165, 1.54) is 0 Å². The van der Waals surface area contributed by atoms with E-state index in [-0.39, 0.29) is 31.1 Å². The quantitative estimate of drug-likeness (QED) is 0.736. The van der Waals surface area contributed by atoms with Crippen LogP contribution in [0.2, 0.25) is 0 Å². The van der Waals surface area contributed by atoms with Crippen molar-refractivity contribution in [3.63, 3.8) is 0 Å². The summed E-state index contributed by atoms with van der Waals surface area (Å²) in [6, 6.07) is 9.04. The molecule has 0 spiro atoms. The van der Waals surface area contributed by atoms with Crippen molar-refractivity contribution in [2.24, 2.45) is 0 Å². The number of amides is 2. The Kier molecular flexibility index (Phi) is 6.75. The minimum absolute atomic E-state index is 0.0312. The van der Waals surface area contributed by atoms with Gasteiger partial charge in [-0.15, -0.1) is 0 Å². The maximum Gasteiger partial charge on any atom is 0.251 e. The molecule has 1 fully saturated rings. The van der Waals surface area contributed by atoms with E-state index in [1.807, 2.05) is 44.2 Å². The lowest BCUT2D eigenvalue weighted by Crippen LogP contribution is -2.56. The van der Waals surface area contributed by atoms with Crippen molar-refractivity contribution < 1.29 is 19.4 Å². The Balaban J connectivity index is 2.20. The smallest absolute Gasteiger partial charge is 0.251 e. The van der Waals surface area contributed by atoms with Crippen molar-refractivity contribution in [3.05, 3.63) is 35.9 Å². The van der Waals surface area contributed by atoms with Crippen LogP contribution in [0.25, 0.3) is 0 Å². The van der Waals surface area contributed by atoms with Crippen LogP contribution in [0.1, 0.15) is 38.3 Å². The minimum Gasteiger partial charge on any atom is -0.396 e. The van der Waals surface area contributed by atoms with E-state index in [2.05, 4.69) is 5.32 Å². The molecule has 1 heterocycles. The molecule has 0 bridgehead atoms. The van der Waals surface area contributed by atoms with Crippen LogP contribution in [0.5, 0.6) is 0 Å². The van der Waals surface area contributed by atoms with Crippen LogP contribution >= 0.6 is 0 Å². The number of unbranched alkanes of at least 4 members (excludes halogenated alkanes) is 1. The third-order valence-corrected chi connectivity index (χ3v) is 4.10. The zero-order valence-electron chi connectivity index (χ0n) is 14.3. The molecule has 132 valence electrons. The third kappa shape index (κ3) is 4.33. The normalized spacial score (nSPS) is 21.2. The Hall–Kier alpha value is -1.92. The maximum absolute atomic E-state index is 12.6. The Bertz CT molecular complexity index is 547. The number of nitrogens with zero attached hydrogens (tertiary/aromatic N) is 1. The number of morpholine rings is 1. The van der Waals surface area contributed by atoms with Crippen molar-refractivity contribution in [2.45, 2.75) is 44.9 Å². The molecule has 2 rings (SSSR count). The fourth-order valence-electron chi connectivity index (χ4n) is 2.99. The van der Waals surface area contributed by atoms with Gasteiger partial charge in [0.15, 0.2) is 6.10 Å². The average molecular weight is 334 g/mol. The number of hydrogen-bond acceptors (Lipinski definition) is 4. The first-order chi connectivity index (χ1) is 11.6. The van der Waals surface area contributed by atoms with E-state index in [1.54, 1.807) is 4.90 Å². The molecule has 0 saturated carbocycles. The molecule has 1 aromatic carbocycles. The number of benzene rings is 1. The molecule has 2 amide bonds. The van der Waals surface area contributed by atoms with Gasteiger partial charge in [0.05, 0.1) is 6.04 Å². The third-order valence-electron chi connectivity index (χ3n) is 4.10. The van der Waals surface area contributed by atoms with Gasteiger partial charge < -0.3 is 20.1 Å². The topological polar surface area (TPSA) is 78.9 Å². The molecule has 2 N–H and O–H groups in total. The molecule has 1 aliphatic rings. The number of ether oxygens (including phenoxy) is 1. The minimum atomic E-state index is -0.735. The summed E-state index contributed by atoms with van der Waals surface area (Å²) in [5, 5.41) is 11.7. The fourth-order valence-corrected chi connectivity index (χ4v) is 2.99. The molecule has 24 heavy (non-hydrogen) atoms. The molecule has 6 nitrogen and oxygen atoms in total. The molecule has 2 atom stereocenters. The van der Waals surface area contributed by atoms with E-state index in [9.17, 15) is 9.59 Å². The summed E-state index contributed by atoms with van der Waals surface area (Å²) in [7, 11) is 0. The van der Waals surface area contributed by atoms with Crippen LogP contribution < -0.4 is 5.32 Å². The first kappa shape index (κ1) is 18.4. The molecular weight excluding hydrogens is 308 g/mol. The van der Waals surface area contributed by atoms with Crippen LogP contribution in [0.3, 0.4) is 0 Å². The van der Waals surface area contributed by atoms with Gasteiger partial charge in [0, 0.05) is 19.2 Å². The van der Waals surface area contributed by atoms with E-state index >= 15 is 0 Å². The summed E-state index contributed by atoms with van der Waals surface area (Å²) in [4.78, 5) is 26.6. The summed E-state index contributed by atoms with van der Waals surface area (Å²) >= 11 is 0. The Morgan fingerprint density at radius 2 is 2.04 bits per heavy atom. The Morgan fingerprint density at radius 3 is 2.67 bits per heavy atom. The van der Waals surface area contributed by atoms with Crippen molar-refractivity contribution in [1.82, 2.24) is 10.2 Å². The van der Waals surface area contributed by atoms with Gasteiger partial charge >= 0.3 is 0 Å². The van der Waals surface area contributed by atoms with E-state index in [0.29, 0.717) is 19.4 Å². The fraction of sp³-hybridized carbons (Fsp3) is 0.556. The van der Waals surface area contributed by atoms with Crippen LogP contribution in [0.15, 0.2) is 30.3 Å². The highest BCUT2D eigenvalue weighted by Crippen LogP contribution is 2.32. The molecule has 1 aliphatic heterocycles. The maximum atomic E-state index is 12.6. The average Bonchev–Trinajstić information content (AvgIpc) is 2.58. The highest BCUT2D eigenvalue weighted by molar-refractivity contribution is 5.86. The zero-order valence-corrected chi connectivity index (χ0v) is 14.3. The first-order valence-electron chi connectivity index (χ1n) is 8.42. The molecular formula is C18H26N2O4. The van der Waals surface area contributed by atoms with Gasteiger partial charge in [-0.25, -0.2) is 0 Å². The van der Waals surface area contributed by atoms with Crippen LogP contribution in [-0.2, 0) is 14.3 Å². The summed E-state index contributed by atoms with van der Waals surface area (Å²) in [5.41, 5.74) is 0.884. The first-order valence-corrected chi connectivity index (χ1v) is 8.42. The number of aliphatic hydroxyl groups is 1. The van der Waals surface area contributed by atoms with E-state index in [4.69, 9.17) is 9.84 Å². The molecule has 1 aromatic rings. The highest BCUT2D eigenvalue weighted by Gasteiger charge is 2.42. The SMILES string of the molecule is CC(C)N1C(=O)CO[C@H](C(=O)NCCCCO)[C@H]1c1ccccc1. The van der Waals surface area contributed by atoms with Crippen LogP contribution in [-0.4, -0.2) is 53.7 Å². The molecule has 1 saturated heterocycles. The van der Waals surface area contributed by atoms with Gasteiger partial charge in [0.2, 0.25) is 5.91 Å². The van der Waals surface area contributed by atoms with Crippen molar-refractivity contribution >= 4 is 11.8 Å². The molecule has 0 unspecified atom stereocenters. The van der Waals surface area contributed by atoms with E-state index < -0.39 is 12.1 Å². The number of carbonyl (C=O) groups is 2. The van der Waals surface area contributed by atoms with Crippen molar-refractivity contribution in [3.8, 4) is 0 Å². The largest absolute Gasteiger partial charge is 0.396 e. The lowest BCUT2D eigenvalue weighted by atomic mass is 9.95. The highest BCUT2D eigenvalue weighted by atomic mass is 16.5. The Labute approximate surface area is 142 Å². The van der Waals surface area contributed by atoms with Gasteiger partial charge in [-0.3, -0.25) is 9.59 Å². The predicted octanol–water partition coefficient (Wildman–Crippen LogP) is 1.25. The second-order valence-electron chi connectivity index (χ2n) is 6.20. The number of rotatable bonds is 7. The predicted molar refractivity (Wildman–Crippen MR) is 90.2 cm³/mol. The summed E-state index contributed by atoms with van der Waals surface area (Å²) in [6.07, 6.45) is 0.615. The molecule has 0 aromatic heterocycles. The van der Waals surface area contributed by atoms with Gasteiger partial charge in [-0.05, 0) is 32.3 Å². The summed E-state index contributed by atoms with van der Waals surface area (Å²) in [6.45, 7) is 4.38. The van der Waals surface area contributed by atoms with Crippen LogP contribution in [0, 0.1) is 0 Å². The number of nitrogens with one attached hydrogen (secondary N) is 1. The van der Waals surface area contributed by atoms with E-state index in [0.717, 1.165) is 5.56 Å². The number of hydrogen-bond donors (Lipinski definition) is 2. The zero-order chi connectivity index (χ0) is 17.5. The van der Waals surface area contributed by atoms with Gasteiger partial charge in [0.25, 0.3) is 5.91 Å². The summed E-state index contributed by atoms with van der Waals surface area (Å²) in [5.74, 6) is -0.330. The van der Waals surface area contributed by atoms with Crippen molar-refractivity contribution in [2.75, 3.05) is 19.8 Å². The lowest BCUT2D eigenvalue weighted by Gasteiger charge is -2.42. The lowest BCUT2D eigenvalue weighted by molar-refractivity contribution is -0.167. The standard InChI is InChI=1S/C18H26N2O4/c1-13(2)20-15(22)12-24-17(18(23)19-10-6-7-11-21)16(20)14-8-4-3-5-9-14/h3-5,8-9,13,16-17,21H,6-7,10-12H2,1-2H3,(H,19,23)/t16-,17+/m1/s1. The van der Waals surface area contributed by atoms with Crippen LogP contribution in [0.4, 0.5) is 0 Å². The monoisotopic (exact) mass is 334 g/mol. The molecule has 0 radical (unpaired) electrons. The second-order valence-corrected chi connectivity index (χ2v) is 6.20. The van der Waals surface area contributed by atoms with Crippen molar-refractivity contribution in [1.29, 1.82) is 0 Å². The number of aliphatic hydroxyl groups excluding tert-OH is 1. The second kappa shape index (κ2) is 8.80. The van der Waals surface area contributed by atoms with Gasteiger partial charge in [-0.1, -0.05) is 30.3 Å².